The Labute approximate surface area is 146 Å². The number of amides is 1. The van der Waals surface area contributed by atoms with Crippen molar-refractivity contribution in [3.05, 3.63) is 35.8 Å². The third-order valence-electron chi connectivity index (χ3n) is 3.45. The molecule has 0 saturated heterocycles. The fourth-order valence-corrected chi connectivity index (χ4v) is 2.02. The van der Waals surface area contributed by atoms with E-state index >= 15 is 0 Å². The van der Waals surface area contributed by atoms with E-state index in [0.29, 0.717) is 6.20 Å². The Bertz CT molecular complexity index is 800. The second kappa shape index (κ2) is 7.10. The Balaban J connectivity index is 2.09. The van der Waals surface area contributed by atoms with Crippen LogP contribution in [0.3, 0.4) is 0 Å². The lowest BCUT2D eigenvalue weighted by Crippen LogP contribution is -2.43. The molecule has 0 saturated carbocycles. The molecule has 11 heteroatoms. The lowest BCUT2D eigenvalue weighted by molar-refractivity contribution is -0.138. The first-order valence-corrected chi connectivity index (χ1v) is 7.48. The van der Waals surface area contributed by atoms with Crippen molar-refractivity contribution < 1.29 is 27.9 Å². The molecular formula is C15H16F3N5O3. The lowest BCUT2D eigenvalue weighted by Gasteiger charge is -2.24. The molecular weight excluding hydrogens is 355 g/mol. The molecule has 0 aliphatic carbocycles. The highest BCUT2D eigenvalue weighted by Crippen LogP contribution is 2.28. The SMILES string of the molecule is CC(C)(CCC(=O)O)NC(=O)c1cn(-c2ccc(C(F)(F)F)cn2)nn1. The predicted molar refractivity (Wildman–Crippen MR) is 82.6 cm³/mol. The third-order valence-corrected chi connectivity index (χ3v) is 3.45. The van der Waals surface area contributed by atoms with E-state index in [-0.39, 0.29) is 24.4 Å². The van der Waals surface area contributed by atoms with E-state index in [2.05, 4.69) is 20.6 Å². The van der Waals surface area contributed by atoms with Gasteiger partial charge in [-0.2, -0.15) is 13.2 Å². The normalized spacial score (nSPS) is 12.0. The van der Waals surface area contributed by atoms with Gasteiger partial charge in [-0.05, 0) is 32.4 Å². The van der Waals surface area contributed by atoms with Crippen LogP contribution in [0.5, 0.6) is 0 Å². The molecule has 0 aliphatic heterocycles. The quantitative estimate of drug-likeness (QED) is 0.804. The summed E-state index contributed by atoms with van der Waals surface area (Å²) in [6.07, 6.45) is -2.53. The number of aromatic nitrogens is 4. The van der Waals surface area contributed by atoms with Gasteiger partial charge in [0.05, 0.1) is 11.8 Å². The third kappa shape index (κ3) is 5.01. The molecule has 2 heterocycles. The minimum Gasteiger partial charge on any atom is -0.481 e. The molecule has 26 heavy (non-hydrogen) atoms. The van der Waals surface area contributed by atoms with Gasteiger partial charge in [0.1, 0.15) is 0 Å². The Morgan fingerprint density at radius 3 is 2.50 bits per heavy atom. The number of halogens is 3. The van der Waals surface area contributed by atoms with Gasteiger partial charge in [-0.15, -0.1) is 5.10 Å². The maximum Gasteiger partial charge on any atom is 0.417 e. The number of carbonyl (C=O) groups excluding carboxylic acids is 1. The summed E-state index contributed by atoms with van der Waals surface area (Å²) >= 11 is 0. The van der Waals surface area contributed by atoms with E-state index in [1.165, 1.54) is 6.20 Å². The van der Waals surface area contributed by atoms with Gasteiger partial charge in [-0.25, -0.2) is 9.67 Å². The summed E-state index contributed by atoms with van der Waals surface area (Å²) in [6, 6.07) is 1.95. The summed E-state index contributed by atoms with van der Waals surface area (Å²) in [5.41, 5.74) is -1.76. The smallest absolute Gasteiger partial charge is 0.417 e. The number of carboxylic acid groups (broad SMARTS) is 1. The molecule has 0 fully saturated rings. The topological polar surface area (TPSA) is 110 Å². The Morgan fingerprint density at radius 2 is 1.96 bits per heavy atom. The van der Waals surface area contributed by atoms with E-state index in [0.717, 1.165) is 16.8 Å². The van der Waals surface area contributed by atoms with Crippen LogP contribution in [0.1, 0.15) is 42.7 Å². The molecule has 2 aromatic heterocycles. The van der Waals surface area contributed by atoms with Crippen molar-refractivity contribution in [2.24, 2.45) is 0 Å². The number of nitrogens with zero attached hydrogens (tertiary/aromatic N) is 4. The number of hydrogen-bond acceptors (Lipinski definition) is 5. The van der Waals surface area contributed by atoms with Gasteiger partial charge in [0.2, 0.25) is 0 Å². The number of carbonyl (C=O) groups is 2. The standard InChI is InChI=1S/C15H16F3N5O3/c1-14(2,6-5-12(24)25)20-13(26)10-8-23(22-21-10)11-4-3-9(7-19-11)15(16,17)18/h3-4,7-8H,5-6H2,1-2H3,(H,20,26)(H,24,25). The van der Waals surface area contributed by atoms with Crippen molar-refractivity contribution in [1.82, 2.24) is 25.3 Å². The first-order valence-electron chi connectivity index (χ1n) is 7.48. The highest BCUT2D eigenvalue weighted by molar-refractivity contribution is 5.92. The van der Waals surface area contributed by atoms with Crippen molar-refractivity contribution in [2.45, 2.75) is 38.4 Å². The maximum atomic E-state index is 12.5. The van der Waals surface area contributed by atoms with E-state index in [1.54, 1.807) is 13.8 Å². The minimum atomic E-state index is -4.50. The van der Waals surface area contributed by atoms with Crippen molar-refractivity contribution in [3.63, 3.8) is 0 Å². The Morgan fingerprint density at radius 1 is 1.27 bits per heavy atom. The molecule has 2 rings (SSSR count). The molecule has 0 atom stereocenters. The number of carboxylic acids is 1. The van der Waals surface area contributed by atoms with Crippen LogP contribution in [0.15, 0.2) is 24.5 Å². The molecule has 0 radical (unpaired) electrons. The summed E-state index contributed by atoms with van der Waals surface area (Å²) in [7, 11) is 0. The van der Waals surface area contributed by atoms with Crippen LogP contribution in [-0.4, -0.2) is 42.5 Å². The van der Waals surface area contributed by atoms with Crippen molar-refractivity contribution in [3.8, 4) is 5.82 Å². The number of rotatable bonds is 6. The fraction of sp³-hybridized carbons (Fsp3) is 0.400. The zero-order valence-corrected chi connectivity index (χ0v) is 13.9. The molecule has 0 bridgehead atoms. The Kier molecular flexibility index (Phi) is 5.28. The number of alkyl halides is 3. The summed E-state index contributed by atoms with van der Waals surface area (Å²) in [5.74, 6) is -1.50. The number of pyridine rings is 1. The van der Waals surface area contributed by atoms with Gasteiger partial charge in [0.25, 0.3) is 5.91 Å². The fourth-order valence-electron chi connectivity index (χ4n) is 2.02. The largest absolute Gasteiger partial charge is 0.481 e. The number of nitrogens with one attached hydrogen (secondary N) is 1. The number of hydrogen-bond donors (Lipinski definition) is 2. The zero-order valence-electron chi connectivity index (χ0n) is 13.9. The van der Waals surface area contributed by atoms with Gasteiger partial charge in [0, 0.05) is 18.2 Å². The van der Waals surface area contributed by atoms with Crippen LogP contribution >= 0.6 is 0 Å². The van der Waals surface area contributed by atoms with Crippen molar-refractivity contribution in [2.75, 3.05) is 0 Å². The highest BCUT2D eigenvalue weighted by Gasteiger charge is 2.31. The first-order chi connectivity index (χ1) is 12.0. The minimum absolute atomic E-state index is 0.0645. The van der Waals surface area contributed by atoms with E-state index in [1.807, 2.05) is 0 Å². The summed E-state index contributed by atoms with van der Waals surface area (Å²) in [6.45, 7) is 3.32. The van der Waals surface area contributed by atoms with Crippen LogP contribution in [0.4, 0.5) is 13.2 Å². The molecule has 2 aromatic rings. The van der Waals surface area contributed by atoms with Crippen LogP contribution in [0, 0.1) is 0 Å². The Hall–Kier alpha value is -2.98. The van der Waals surface area contributed by atoms with E-state index in [9.17, 15) is 22.8 Å². The molecule has 2 N–H and O–H groups in total. The average molecular weight is 371 g/mol. The van der Waals surface area contributed by atoms with Crippen LogP contribution in [0.2, 0.25) is 0 Å². The molecule has 0 aromatic carbocycles. The van der Waals surface area contributed by atoms with Gasteiger partial charge in [-0.3, -0.25) is 9.59 Å². The predicted octanol–water partition coefficient (Wildman–Crippen LogP) is 2.05. The van der Waals surface area contributed by atoms with Gasteiger partial charge in [-0.1, -0.05) is 5.21 Å². The molecule has 0 unspecified atom stereocenters. The monoisotopic (exact) mass is 371 g/mol. The van der Waals surface area contributed by atoms with E-state index in [4.69, 9.17) is 5.11 Å². The maximum absolute atomic E-state index is 12.5. The summed E-state index contributed by atoms with van der Waals surface area (Å²) < 4.78 is 38.7. The van der Waals surface area contributed by atoms with E-state index < -0.39 is 29.2 Å². The molecule has 0 aliphatic rings. The van der Waals surface area contributed by atoms with Crippen LogP contribution in [0.25, 0.3) is 5.82 Å². The second-order valence-corrected chi connectivity index (χ2v) is 6.18. The highest BCUT2D eigenvalue weighted by atomic mass is 19.4. The zero-order chi connectivity index (χ0) is 19.5. The average Bonchev–Trinajstić information content (AvgIpc) is 3.02. The van der Waals surface area contributed by atoms with Crippen molar-refractivity contribution in [1.29, 1.82) is 0 Å². The molecule has 140 valence electrons. The first kappa shape index (κ1) is 19.3. The lowest BCUT2D eigenvalue weighted by atomic mass is 9.98. The van der Waals surface area contributed by atoms with Crippen LogP contribution < -0.4 is 5.32 Å². The van der Waals surface area contributed by atoms with Gasteiger partial charge in [0.15, 0.2) is 11.5 Å². The summed E-state index contributed by atoms with van der Waals surface area (Å²) in [4.78, 5) is 26.5. The molecule has 8 nitrogen and oxygen atoms in total. The second-order valence-electron chi connectivity index (χ2n) is 6.18. The summed E-state index contributed by atoms with van der Waals surface area (Å²) in [5, 5.41) is 18.7. The molecule has 0 spiro atoms. The van der Waals surface area contributed by atoms with Gasteiger partial charge < -0.3 is 10.4 Å². The van der Waals surface area contributed by atoms with Gasteiger partial charge >= 0.3 is 12.1 Å². The number of aliphatic carboxylic acids is 1. The van der Waals surface area contributed by atoms with Crippen LogP contribution in [-0.2, 0) is 11.0 Å². The van der Waals surface area contributed by atoms with Crippen molar-refractivity contribution >= 4 is 11.9 Å². The molecule has 1 amide bonds.